The van der Waals surface area contributed by atoms with Crippen LogP contribution in [0.3, 0.4) is 0 Å². The van der Waals surface area contributed by atoms with Gasteiger partial charge in [-0.1, -0.05) is 18.6 Å². The van der Waals surface area contributed by atoms with Crippen molar-refractivity contribution in [3.8, 4) is 6.07 Å². The van der Waals surface area contributed by atoms with Gasteiger partial charge in [-0.15, -0.1) is 0 Å². The van der Waals surface area contributed by atoms with E-state index in [9.17, 15) is 5.26 Å². The molecule has 20 heavy (non-hydrogen) atoms. The average molecular weight is 268 g/mol. The highest BCUT2D eigenvalue weighted by Gasteiger charge is 2.29. The Labute approximate surface area is 119 Å². The molecule has 1 fully saturated rings. The van der Waals surface area contributed by atoms with E-state index < -0.39 is 0 Å². The van der Waals surface area contributed by atoms with Crippen molar-refractivity contribution in [2.75, 3.05) is 0 Å². The summed E-state index contributed by atoms with van der Waals surface area (Å²) in [5.74, 6) is 1.18. The molecule has 1 N–H and O–H groups in total. The Morgan fingerprint density at radius 1 is 1.40 bits per heavy atom. The number of nitrogens with one attached hydrogen (secondary N) is 1. The van der Waals surface area contributed by atoms with Crippen LogP contribution < -0.4 is 5.32 Å². The standard InChI is InChI=1S/C16H20N4/c1-11(18-13-8-5-6-12(13)10-17)16-19-14-7-3-4-9-15(14)20(16)2/h3-4,7,9,11-13,18H,5-6,8H2,1-2H3. The first kappa shape index (κ1) is 13.1. The molecule has 0 radical (unpaired) electrons. The second-order valence-electron chi connectivity index (χ2n) is 5.68. The van der Waals surface area contributed by atoms with Crippen molar-refractivity contribution in [3.05, 3.63) is 30.1 Å². The van der Waals surface area contributed by atoms with Crippen LogP contribution >= 0.6 is 0 Å². The summed E-state index contributed by atoms with van der Waals surface area (Å²) in [4.78, 5) is 4.72. The van der Waals surface area contributed by atoms with Crippen LogP contribution in [0.2, 0.25) is 0 Å². The maximum atomic E-state index is 9.18. The van der Waals surface area contributed by atoms with Gasteiger partial charge in [-0.25, -0.2) is 4.98 Å². The molecular weight excluding hydrogens is 248 g/mol. The third-order valence-corrected chi connectivity index (χ3v) is 4.35. The zero-order valence-corrected chi connectivity index (χ0v) is 12.0. The highest BCUT2D eigenvalue weighted by Crippen LogP contribution is 2.28. The van der Waals surface area contributed by atoms with Gasteiger partial charge in [-0.2, -0.15) is 5.26 Å². The molecule has 0 bridgehead atoms. The van der Waals surface area contributed by atoms with Gasteiger partial charge in [-0.05, 0) is 31.9 Å². The normalized spacial score (nSPS) is 23.9. The fourth-order valence-corrected chi connectivity index (χ4v) is 3.26. The molecule has 4 nitrogen and oxygen atoms in total. The molecule has 3 rings (SSSR count). The van der Waals surface area contributed by atoms with Crippen molar-refractivity contribution < 1.29 is 0 Å². The number of aromatic nitrogens is 2. The Hall–Kier alpha value is -1.86. The zero-order chi connectivity index (χ0) is 14.1. The Kier molecular flexibility index (Phi) is 3.45. The van der Waals surface area contributed by atoms with Gasteiger partial charge in [0.1, 0.15) is 5.82 Å². The summed E-state index contributed by atoms with van der Waals surface area (Å²) in [6, 6.07) is 11.1. The SMILES string of the molecule is CC(NC1CCCC1C#N)c1nc2ccccc2n1C. The number of aryl methyl sites for hydroxylation is 1. The molecule has 3 atom stereocenters. The van der Waals surface area contributed by atoms with Gasteiger partial charge in [0.05, 0.1) is 29.1 Å². The van der Waals surface area contributed by atoms with Crippen LogP contribution in [-0.4, -0.2) is 15.6 Å². The van der Waals surface area contributed by atoms with Gasteiger partial charge in [0, 0.05) is 13.1 Å². The minimum atomic E-state index is 0.145. The highest BCUT2D eigenvalue weighted by atomic mass is 15.1. The fraction of sp³-hybridized carbons (Fsp3) is 0.500. The predicted octanol–water partition coefficient (Wildman–Crippen LogP) is 2.92. The van der Waals surface area contributed by atoms with E-state index in [1.165, 1.54) is 0 Å². The number of imidazole rings is 1. The molecule has 0 spiro atoms. The molecule has 1 aromatic carbocycles. The van der Waals surface area contributed by atoms with Crippen molar-refractivity contribution in [1.82, 2.24) is 14.9 Å². The summed E-state index contributed by atoms with van der Waals surface area (Å²) in [5, 5.41) is 12.8. The van der Waals surface area contributed by atoms with E-state index in [2.05, 4.69) is 36.0 Å². The number of fused-ring (bicyclic) bond motifs is 1. The van der Waals surface area contributed by atoms with Crippen LogP contribution in [0.15, 0.2) is 24.3 Å². The molecule has 3 unspecified atom stereocenters. The molecule has 1 heterocycles. The van der Waals surface area contributed by atoms with E-state index in [1.807, 2.05) is 18.2 Å². The van der Waals surface area contributed by atoms with Crippen LogP contribution in [0, 0.1) is 17.2 Å². The molecule has 0 amide bonds. The average Bonchev–Trinajstić information content (AvgIpc) is 3.04. The Bertz CT molecular complexity index is 652. The van der Waals surface area contributed by atoms with E-state index in [0.717, 1.165) is 36.1 Å². The number of nitriles is 1. The summed E-state index contributed by atoms with van der Waals surface area (Å²) < 4.78 is 2.14. The van der Waals surface area contributed by atoms with Crippen LogP contribution in [0.4, 0.5) is 0 Å². The molecule has 4 heteroatoms. The maximum Gasteiger partial charge on any atom is 0.126 e. The van der Waals surface area contributed by atoms with Crippen LogP contribution in [0.5, 0.6) is 0 Å². The zero-order valence-electron chi connectivity index (χ0n) is 12.0. The minimum absolute atomic E-state index is 0.145. The molecule has 104 valence electrons. The van der Waals surface area contributed by atoms with Gasteiger partial charge >= 0.3 is 0 Å². The number of nitrogens with zero attached hydrogens (tertiary/aromatic N) is 3. The number of para-hydroxylation sites is 2. The lowest BCUT2D eigenvalue weighted by molar-refractivity contribution is 0.403. The van der Waals surface area contributed by atoms with E-state index in [-0.39, 0.29) is 12.0 Å². The van der Waals surface area contributed by atoms with Crippen molar-refractivity contribution in [2.45, 2.75) is 38.3 Å². The Morgan fingerprint density at radius 3 is 2.95 bits per heavy atom. The van der Waals surface area contributed by atoms with Gasteiger partial charge < -0.3 is 9.88 Å². The number of rotatable bonds is 3. The summed E-state index contributed by atoms with van der Waals surface area (Å²) in [6.07, 6.45) is 3.25. The Morgan fingerprint density at radius 2 is 2.20 bits per heavy atom. The summed E-state index contributed by atoms with van der Waals surface area (Å²) >= 11 is 0. The van der Waals surface area contributed by atoms with Crippen molar-refractivity contribution in [2.24, 2.45) is 13.0 Å². The smallest absolute Gasteiger partial charge is 0.126 e. The highest BCUT2D eigenvalue weighted by molar-refractivity contribution is 5.75. The molecule has 2 aromatic rings. The van der Waals surface area contributed by atoms with Crippen LogP contribution in [0.1, 0.15) is 38.1 Å². The van der Waals surface area contributed by atoms with E-state index in [0.29, 0.717) is 6.04 Å². The largest absolute Gasteiger partial charge is 0.330 e. The van der Waals surface area contributed by atoms with E-state index in [4.69, 9.17) is 4.98 Å². The van der Waals surface area contributed by atoms with Crippen molar-refractivity contribution in [1.29, 1.82) is 5.26 Å². The minimum Gasteiger partial charge on any atom is -0.330 e. The predicted molar refractivity (Wildman–Crippen MR) is 79.0 cm³/mol. The number of hydrogen-bond acceptors (Lipinski definition) is 3. The lowest BCUT2D eigenvalue weighted by Gasteiger charge is -2.21. The molecule has 1 saturated carbocycles. The van der Waals surface area contributed by atoms with Crippen LogP contribution in [-0.2, 0) is 7.05 Å². The van der Waals surface area contributed by atoms with Crippen LogP contribution in [0.25, 0.3) is 11.0 Å². The van der Waals surface area contributed by atoms with Gasteiger partial charge in [0.15, 0.2) is 0 Å². The first-order chi connectivity index (χ1) is 9.70. The second-order valence-corrected chi connectivity index (χ2v) is 5.68. The number of benzene rings is 1. The number of hydrogen-bond donors (Lipinski definition) is 1. The molecule has 1 aliphatic carbocycles. The molecule has 0 aliphatic heterocycles. The maximum absolute atomic E-state index is 9.18. The van der Waals surface area contributed by atoms with E-state index in [1.54, 1.807) is 0 Å². The molecule has 0 saturated heterocycles. The first-order valence-corrected chi connectivity index (χ1v) is 7.27. The van der Waals surface area contributed by atoms with Crippen molar-refractivity contribution >= 4 is 11.0 Å². The second kappa shape index (κ2) is 5.26. The Balaban J connectivity index is 1.84. The lowest BCUT2D eigenvalue weighted by atomic mass is 10.0. The van der Waals surface area contributed by atoms with Gasteiger partial charge in [-0.3, -0.25) is 0 Å². The lowest BCUT2D eigenvalue weighted by Crippen LogP contribution is -2.34. The molecule has 1 aliphatic rings. The fourth-order valence-electron chi connectivity index (χ4n) is 3.26. The molecule has 1 aromatic heterocycles. The third-order valence-electron chi connectivity index (χ3n) is 4.35. The molecular formula is C16H20N4. The summed E-state index contributed by atoms with van der Waals surface area (Å²) in [5.41, 5.74) is 2.18. The third kappa shape index (κ3) is 2.19. The van der Waals surface area contributed by atoms with Gasteiger partial charge in [0.25, 0.3) is 0 Å². The van der Waals surface area contributed by atoms with E-state index >= 15 is 0 Å². The monoisotopic (exact) mass is 268 g/mol. The summed E-state index contributed by atoms with van der Waals surface area (Å²) in [6.45, 7) is 2.13. The topological polar surface area (TPSA) is 53.6 Å². The first-order valence-electron chi connectivity index (χ1n) is 7.27. The summed E-state index contributed by atoms with van der Waals surface area (Å²) in [7, 11) is 2.05. The van der Waals surface area contributed by atoms with Gasteiger partial charge in [0.2, 0.25) is 0 Å². The van der Waals surface area contributed by atoms with Crippen molar-refractivity contribution in [3.63, 3.8) is 0 Å². The quantitative estimate of drug-likeness (QED) is 0.931.